The summed E-state index contributed by atoms with van der Waals surface area (Å²) in [6, 6.07) is 9.71. The summed E-state index contributed by atoms with van der Waals surface area (Å²) in [5.74, 6) is 1.68. The molecule has 0 unspecified atom stereocenters. The SMILES string of the molecule is COc1cc(CNSc2ccc3c(c2)/C(=C\c2nccs2)C(=O)N3)cc(OC)c1OC. The molecular weight excluding hydrogens is 434 g/mol. The van der Waals surface area contributed by atoms with Crippen molar-refractivity contribution >= 4 is 46.5 Å². The Balaban J connectivity index is 1.49. The van der Waals surface area contributed by atoms with Gasteiger partial charge in [0.2, 0.25) is 5.75 Å². The molecular formula is C22H21N3O4S2. The Hall–Kier alpha value is -3.01. The van der Waals surface area contributed by atoms with Crippen molar-refractivity contribution in [1.82, 2.24) is 9.71 Å². The number of ether oxygens (including phenoxy) is 3. The van der Waals surface area contributed by atoms with Crippen LogP contribution in [0.15, 0.2) is 46.8 Å². The zero-order valence-corrected chi connectivity index (χ0v) is 18.9. The van der Waals surface area contributed by atoms with Gasteiger partial charge in [0.1, 0.15) is 5.01 Å². The summed E-state index contributed by atoms with van der Waals surface area (Å²) in [4.78, 5) is 17.6. The molecule has 31 heavy (non-hydrogen) atoms. The Labute approximate surface area is 188 Å². The van der Waals surface area contributed by atoms with E-state index in [4.69, 9.17) is 14.2 Å². The van der Waals surface area contributed by atoms with Crippen molar-refractivity contribution in [1.29, 1.82) is 0 Å². The van der Waals surface area contributed by atoms with E-state index in [9.17, 15) is 4.79 Å². The van der Waals surface area contributed by atoms with Crippen LogP contribution in [0.25, 0.3) is 11.6 Å². The van der Waals surface area contributed by atoms with Gasteiger partial charge in [-0.1, -0.05) is 0 Å². The monoisotopic (exact) mass is 455 g/mol. The van der Waals surface area contributed by atoms with Crippen molar-refractivity contribution in [2.75, 3.05) is 26.6 Å². The molecule has 160 valence electrons. The second-order valence-electron chi connectivity index (χ2n) is 6.55. The first-order chi connectivity index (χ1) is 15.1. The number of methoxy groups -OCH3 is 3. The lowest BCUT2D eigenvalue weighted by Gasteiger charge is -2.14. The van der Waals surface area contributed by atoms with Crippen molar-refractivity contribution in [3.05, 3.63) is 58.0 Å². The first-order valence-corrected chi connectivity index (χ1v) is 11.1. The molecule has 1 aromatic heterocycles. The Morgan fingerprint density at radius 2 is 1.90 bits per heavy atom. The lowest BCUT2D eigenvalue weighted by atomic mass is 10.1. The highest BCUT2D eigenvalue weighted by Crippen LogP contribution is 2.39. The summed E-state index contributed by atoms with van der Waals surface area (Å²) in [5.41, 5.74) is 3.29. The van der Waals surface area contributed by atoms with Crippen LogP contribution in [0.2, 0.25) is 0 Å². The van der Waals surface area contributed by atoms with Crippen LogP contribution >= 0.6 is 23.3 Å². The maximum atomic E-state index is 12.4. The number of carbonyl (C=O) groups is 1. The minimum atomic E-state index is -0.113. The van der Waals surface area contributed by atoms with E-state index in [0.29, 0.717) is 29.4 Å². The first-order valence-electron chi connectivity index (χ1n) is 9.38. The van der Waals surface area contributed by atoms with Gasteiger partial charge < -0.3 is 19.5 Å². The molecule has 0 saturated carbocycles. The van der Waals surface area contributed by atoms with E-state index in [-0.39, 0.29) is 5.91 Å². The molecule has 0 spiro atoms. The predicted octanol–water partition coefficient (Wildman–Crippen LogP) is 4.46. The van der Waals surface area contributed by atoms with Crippen molar-refractivity contribution in [3.8, 4) is 17.2 Å². The number of anilines is 1. The van der Waals surface area contributed by atoms with Crippen LogP contribution in [0.3, 0.4) is 0 Å². The van der Waals surface area contributed by atoms with Gasteiger partial charge in [0, 0.05) is 34.3 Å². The second-order valence-corrected chi connectivity index (χ2v) is 8.44. The highest BCUT2D eigenvalue weighted by atomic mass is 32.2. The highest BCUT2D eigenvalue weighted by Gasteiger charge is 2.24. The normalized spacial score (nSPS) is 13.8. The molecule has 2 N–H and O–H groups in total. The number of thiazole rings is 1. The molecule has 1 aliphatic rings. The van der Waals surface area contributed by atoms with Crippen LogP contribution in [0.4, 0.5) is 5.69 Å². The molecule has 7 nitrogen and oxygen atoms in total. The smallest absolute Gasteiger partial charge is 0.256 e. The molecule has 3 aromatic rings. The Kier molecular flexibility index (Phi) is 6.45. The Morgan fingerprint density at radius 1 is 1.13 bits per heavy atom. The van der Waals surface area contributed by atoms with Gasteiger partial charge in [0.05, 0.1) is 26.9 Å². The van der Waals surface area contributed by atoms with Gasteiger partial charge >= 0.3 is 0 Å². The lowest BCUT2D eigenvalue weighted by Crippen LogP contribution is -2.05. The number of hydrogen-bond donors (Lipinski definition) is 2. The summed E-state index contributed by atoms with van der Waals surface area (Å²) >= 11 is 2.98. The van der Waals surface area contributed by atoms with E-state index in [1.54, 1.807) is 27.5 Å². The van der Waals surface area contributed by atoms with Crippen molar-refractivity contribution in [3.63, 3.8) is 0 Å². The molecule has 0 fully saturated rings. The Bertz CT molecular complexity index is 1100. The molecule has 1 amide bonds. The number of fused-ring (bicyclic) bond motifs is 1. The van der Waals surface area contributed by atoms with Gasteiger partial charge in [-0.3, -0.25) is 9.52 Å². The standard InChI is InChI=1S/C22H21N3O4S2/c1-27-18-8-13(9-19(28-2)21(18)29-3)12-24-31-14-4-5-17-15(10-14)16(22(26)25-17)11-20-23-6-7-30-20/h4-11,24H,12H2,1-3H3,(H,25,26)/b16-11+. The zero-order valence-electron chi connectivity index (χ0n) is 17.2. The molecule has 4 rings (SSSR count). The van der Waals surface area contributed by atoms with Crippen LogP contribution < -0.4 is 24.2 Å². The first kappa shape index (κ1) is 21.2. The van der Waals surface area contributed by atoms with Crippen LogP contribution in [0.5, 0.6) is 17.2 Å². The fraction of sp³-hybridized carbons (Fsp3) is 0.182. The minimum absolute atomic E-state index is 0.113. The van der Waals surface area contributed by atoms with Crippen LogP contribution in [0, 0.1) is 0 Å². The van der Waals surface area contributed by atoms with E-state index in [2.05, 4.69) is 15.0 Å². The summed E-state index contributed by atoms with van der Waals surface area (Å²) in [6.45, 7) is 0.581. The highest BCUT2D eigenvalue weighted by molar-refractivity contribution is 7.97. The van der Waals surface area contributed by atoms with E-state index in [0.717, 1.165) is 26.7 Å². The number of carbonyl (C=O) groups excluding carboxylic acids is 1. The molecule has 9 heteroatoms. The van der Waals surface area contributed by atoms with Gasteiger partial charge in [-0.25, -0.2) is 4.98 Å². The number of benzene rings is 2. The van der Waals surface area contributed by atoms with Crippen molar-refractivity contribution in [2.45, 2.75) is 11.4 Å². The van der Waals surface area contributed by atoms with Gasteiger partial charge in [-0.05, 0) is 53.9 Å². The van der Waals surface area contributed by atoms with E-state index in [1.165, 1.54) is 23.3 Å². The van der Waals surface area contributed by atoms with Gasteiger partial charge in [0.15, 0.2) is 11.5 Å². The summed E-state index contributed by atoms with van der Waals surface area (Å²) < 4.78 is 19.5. The second kappa shape index (κ2) is 9.42. The largest absolute Gasteiger partial charge is 0.493 e. The summed E-state index contributed by atoms with van der Waals surface area (Å²) in [6.07, 6.45) is 3.55. The number of nitrogens with one attached hydrogen (secondary N) is 2. The third-order valence-corrected chi connectivity index (χ3v) is 6.18. The topological polar surface area (TPSA) is 81.7 Å². The molecule has 0 atom stereocenters. The third kappa shape index (κ3) is 4.53. The fourth-order valence-corrected chi connectivity index (χ4v) is 4.53. The minimum Gasteiger partial charge on any atom is -0.493 e. The molecule has 1 aliphatic heterocycles. The molecule has 2 heterocycles. The fourth-order valence-electron chi connectivity index (χ4n) is 3.24. The average molecular weight is 456 g/mol. The van der Waals surface area contributed by atoms with Crippen LogP contribution in [0.1, 0.15) is 16.1 Å². The van der Waals surface area contributed by atoms with Gasteiger partial charge in [-0.15, -0.1) is 11.3 Å². The van der Waals surface area contributed by atoms with Gasteiger partial charge in [-0.2, -0.15) is 0 Å². The average Bonchev–Trinajstić information content (AvgIpc) is 3.41. The molecule has 0 radical (unpaired) electrons. The number of rotatable bonds is 8. The Morgan fingerprint density at radius 3 is 2.55 bits per heavy atom. The van der Waals surface area contributed by atoms with Crippen molar-refractivity contribution < 1.29 is 19.0 Å². The lowest BCUT2D eigenvalue weighted by molar-refractivity contribution is -0.110. The van der Waals surface area contributed by atoms with Gasteiger partial charge in [0.25, 0.3) is 5.91 Å². The molecule has 0 saturated heterocycles. The summed E-state index contributed by atoms with van der Waals surface area (Å²) in [5, 5.41) is 5.60. The molecule has 0 aliphatic carbocycles. The number of hydrogen-bond acceptors (Lipinski definition) is 8. The zero-order chi connectivity index (χ0) is 21.8. The van der Waals surface area contributed by atoms with Crippen molar-refractivity contribution in [2.24, 2.45) is 0 Å². The van der Waals surface area contributed by atoms with Crippen LogP contribution in [-0.2, 0) is 11.3 Å². The maximum absolute atomic E-state index is 12.4. The number of aromatic nitrogens is 1. The molecule has 2 aromatic carbocycles. The third-order valence-electron chi connectivity index (χ3n) is 4.68. The van der Waals surface area contributed by atoms with E-state index in [1.807, 2.05) is 41.8 Å². The van der Waals surface area contributed by atoms with Crippen LogP contribution in [-0.4, -0.2) is 32.2 Å². The van der Waals surface area contributed by atoms with E-state index < -0.39 is 0 Å². The summed E-state index contributed by atoms with van der Waals surface area (Å²) in [7, 11) is 4.78. The number of amides is 1. The van der Waals surface area contributed by atoms with E-state index >= 15 is 0 Å². The number of nitrogens with zero attached hydrogens (tertiary/aromatic N) is 1. The molecule has 0 bridgehead atoms. The quantitative estimate of drug-likeness (QED) is 0.383. The maximum Gasteiger partial charge on any atom is 0.256 e. The predicted molar refractivity (Wildman–Crippen MR) is 124 cm³/mol.